The number of amides is 2. The molecule has 0 spiro atoms. The standard InChI is InChI=1S/C19H38N2O3/c1-5-6-7-8-9-10-11-12-13-14-15-20-18(24)21-19(4,16(2)3)17(22)23/h16H,5-15H2,1-4H3,(H,22,23)(H2,20,21,24)/t19-/m0/s1. The molecule has 0 bridgehead atoms. The Morgan fingerprint density at radius 1 is 0.917 bits per heavy atom. The third-order valence-electron chi connectivity index (χ3n) is 4.79. The average Bonchev–Trinajstić information content (AvgIpc) is 2.52. The highest BCUT2D eigenvalue weighted by Gasteiger charge is 2.38. The normalized spacial score (nSPS) is 13.5. The molecule has 0 saturated heterocycles. The summed E-state index contributed by atoms with van der Waals surface area (Å²) < 4.78 is 0. The number of hydrogen-bond acceptors (Lipinski definition) is 2. The van der Waals surface area contributed by atoms with E-state index >= 15 is 0 Å². The summed E-state index contributed by atoms with van der Waals surface area (Å²) in [6.07, 6.45) is 12.5. The van der Waals surface area contributed by atoms with Gasteiger partial charge in [0, 0.05) is 6.54 Å². The fraction of sp³-hybridized carbons (Fsp3) is 0.895. The highest BCUT2D eigenvalue weighted by molar-refractivity contribution is 5.86. The molecule has 24 heavy (non-hydrogen) atoms. The van der Waals surface area contributed by atoms with E-state index in [0.29, 0.717) is 6.54 Å². The van der Waals surface area contributed by atoms with Crippen molar-refractivity contribution in [1.29, 1.82) is 0 Å². The molecular formula is C19H38N2O3. The predicted octanol–water partition coefficient (Wildman–Crippen LogP) is 4.71. The molecule has 0 aromatic rings. The highest BCUT2D eigenvalue weighted by atomic mass is 16.4. The highest BCUT2D eigenvalue weighted by Crippen LogP contribution is 2.16. The van der Waals surface area contributed by atoms with E-state index in [-0.39, 0.29) is 5.92 Å². The number of carbonyl (C=O) groups is 2. The summed E-state index contributed by atoms with van der Waals surface area (Å²) in [4.78, 5) is 23.2. The number of carbonyl (C=O) groups excluding carboxylic acids is 1. The van der Waals surface area contributed by atoms with Gasteiger partial charge in [0.25, 0.3) is 0 Å². The van der Waals surface area contributed by atoms with E-state index in [4.69, 9.17) is 0 Å². The maximum atomic E-state index is 11.8. The molecule has 0 aliphatic heterocycles. The van der Waals surface area contributed by atoms with Gasteiger partial charge in [-0.25, -0.2) is 9.59 Å². The fourth-order valence-corrected chi connectivity index (χ4v) is 2.54. The monoisotopic (exact) mass is 342 g/mol. The number of aliphatic carboxylic acids is 1. The van der Waals surface area contributed by atoms with Gasteiger partial charge in [-0.05, 0) is 19.3 Å². The van der Waals surface area contributed by atoms with Gasteiger partial charge >= 0.3 is 12.0 Å². The number of hydrogen-bond donors (Lipinski definition) is 3. The van der Waals surface area contributed by atoms with E-state index < -0.39 is 17.5 Å². The molecule has 0 saturated carbocycles. The number of rotatable bonds is 14. The summed E-state index contributed by atoms with van der Waals surface area (Å²) in [5.41, 5.74) is -1.23. The molecule has 0 aromatic carbocycles. The zero-order chi connectivity index (χ0) is 18.4. The van der Waals surface area contributed by atoms with Crippen LogP contribution in [0.2, 0.25) is 0 Å². The van der Waals surface area contributed by atoms with Crippen molar-refractivity contribution in [2.45, 2.75) is 97.4 Å². The van der Waals surface area contributed by atoms with Crippen molar-refractivity contribution in [2.75, 3.05) is 6.54 Å². The second-order valence-electron chi connectivity index (χ2n) is 7.23. The molecule has 3 N–H and O–H groups in total. The van der Waals surface area contributed by atoms with Gasteiger partial charge in [-0.1, -0.05) is 78.6 Å². The van der Waals surface area contributed by atoms with Crippen molar-refractivity contribution in [2.24, 2.45) is 5.92 Å². The van der Waals surface area contributed by atoms with E-state index in [1.54, 1.807) is 20.8 Å². The summed E-state index contributed by atoms with van der Waals surface area (Å²) in [5, 5.41) is 14.6. The smallest absolute Gasteiger partial charge is 0.329 e. The second kappa shape index (κ2) is 13.1. The van der Waals surface area contributed by atoms with Crippen LogP contribution < -0.4 is 10.6 Å². The quantitative estimate of drug-likeness (QED) is 0.400. The number of carboxylic acid groups (broad SMARTS) is 1. The van der Waals surface area contributed by atoms with Gasteiger partial charge < -0.3 is 15.7 Å². The Balaban J connectivity index is 3.64. The maximum absolute atomic E-state index is 11.8. The third kappa shape index (κ3) is 9.78. The number of urea groups is 1. The van der Waals surface area contributed by atoms with Crippen LogP contribution in [0.3, 0.4) is 0 Å². The molecule has 2 amide bonds. The molecular weight excluding hydrogens is 304 g/mol. The zero-order valence-electron chi connectivity index (χ0n) is 16.1. The van der Waals surface area contributed by atoms with E-state index in [0.717, 1.165) is 12.8 Å². The molecule has 0 unspecified atom stereocenters. The van der Waals surface area contributed by atoms with Gasteiger partial charge in [0.05, 0.1) is 0 Å². The topological polar surface area (TPSA) is 78.4 Å². The van der Waals surface area contributed by atoms with Crippen molar-refractivity contribution in [3.8, 4) is 0 Å². The number of carboxylic acids is 1. The second-order valence-corrected chi connectivity index (χ2v) is 7.23. The molecule has 0 rings (SSSR count). The minimum absolute atomic E-state index is 0.182. The molecule has 1 atom stereocenters. The van der Waals surface area contributed by atoms with Crippen LogP contribution in [-0.2, 0) is 4.79 Å². The Morgan fingerprint density at radius 2 is 1.38 bits per heavy atom. The Bertz CT molecular complexity index is 359. The van der Waals surface area contributed by atoms with Crippen molar-refractivity contribution in [3.05, 3.63) is 0 Å². The molecule has 0 aliphatic carbocycles. The van der Waals surface area contributed by atoms with Crippen LogP contribution >= 0.6 is 0 Å². The molecule has 142 valence electrons. The van der Waals surface area contributed by atoms with E-state index in [9.17, 15) is 14.7 Å². The lowest BCUT2D eigenvalue weighted by Gasteiger charge is -2.30. The van der Waals surface area contributed by atoms with Crippen LogP contribution in [0.25, 0.3) is 0 Å². The molecule has 0 heterocycles. The minimum Gasteiger partial charge on any atom is -0.480 e. The van der Waals surface area contributed by atoms with Crippen LogP contribution in [0, 0.1) is 5.92 Å². The van der Waals surface area contributed by atoms with Gasteiger partial charge in [0.15, 0.2) is 0 Å². The van der Waals surface area contributed by atoms with Gasteiger partial charge in [0.2, 0.25) is 0 Å². The van der Waals surface area contributed by atoms with Gasteiger partial charge in [-0.2, -0.15) is 0 Å². The molecule has 0 fully saturated rings. The van der Waals surface area contributed by atoms with Gasteiger partial charge in [-0.3, -0.25) is 0 Å². The van der Waals surface area contributed by atoms with Gasteiger partial charge in [-0.15, -0.1) is 0 Å². The molecule has 5 heteroatoms. The SMILES string of the molecule is CCCCCCCCCCCCNC(=O)N[C@](C)(C(=O)O)C(C)C. The summed E-state index contributed by atoms with van der Waals surface area (Å²) in [7, 11) is 0. The van der Waals surface area contributed by atoms with Crippen LogP contribution in [-0.4, -0.2) is 29.2 Å². The van der Waals surface area contributed by atoms with E-state index in [2.05, 4.69) is 17.6 Å². The zero-order valence-corrected chi connectivity index (χ0v) is 16.1. The maximum Gasteiger partial charge on any atom is 0.329 e. The van der Waals surface area contributed by atoms with Crippen molar-refractivity contribution >= 4 is 12.0 Å². The largest absolute Gasteiger partial charge is 0.480 e. The Morgan fingerprint density at radius 3 is 1.79 bits per heavy atom. The lowest BCUT2D eigenvalue weighted by atomic mass is 9.89. The Kier molecular flexibility index (Phi) is 12.4. The minimum atomic E-state index is -1.23. The molecule has 0 aliphatic rings. The first-order valence-electron chi connectivity index (χ1n) is 9.64. The summed E-state index contributed by atoms with van der Waals surface area (Å²) >= 11 is 0. The first-order chi connectivity index (χ1) is 11.3. The van der Waals surface area contributed by atoms with Crippen molar-refractivity contribution in [1.82, 2.24) is 10.6 Å². The Hall–Kier alpha value is -1.26. The van der Waals surface area contributed by atoms with Crippen LogP contribution in [0.1, 0.15) is 91.9 Å². The van der Waals surface area contributed by atoms with Crippen LogP contribution in [0.4, 0.5) is 4.79 Å². The molecule has 5 nitrogen and oxygen atoms in total. The lowest BCUT2D eigenvalue weighted by Crippen LogP contribution is -2.58. The summed E-state index contributed by atoms with van der Waals surface area (Å²) in [6.45, 7) is 7.95. The lowest BCUT2D eigenvalue weighted by molar-refractivity contribution is -0.145. The first-order valence-corrected chi connectivity index (χ1v) is 9.64. The molecule has 0 aromatic heterocycles. The van der Waals surface area contributed by atoms with Crippen LogP contribution in [0.5, 0.6) is 0 Å². The summed E-state index contributed by atoms with van der Waals surface area (Å²) in [6, 6.07) is -0.399. The van der Waals surface area contributed by atoms with E-state index in [1.807, 2.05) is 0 Å². The van der Waals surface area contributed by atoms with Gasteiger partial charge in [0.1, 0.15) is 5.54 Å². The first kappa shape index (κ1) is 22.7. The van der Waals surface area contributed by atoms with Crippen LogP contribution in [0.15, 0.2) is 0 Å². The predicted molar refractivity (Wildman–Crippen MR) is 99.3 cm³/mol. The van der Waals surface area contributed by atoms with Crippen molar-refractivity contribution in [3.63, 3.8) is 0 Å². The molecule has 0 radical (unpaired) electrons. The number of nitrogens with one attached hydrogen (secondary N) is 2. The fourth-order valence-electron chi connectivity index (χ4n) is 2.54. The average molecular weight is 343 g/mol. The Labute approximate surface area is 148 Å². The third-order valence-corrected chi connectivity index (χ3v) is 4.79. The number of unbranched alkanes of at least 4 members (excludes halogenated alkanes) is 9. The van der Waals surface area contributed by atoms with Crippen molar-refractivity contribution < 1.29 is 14.7 Å². The summed E-state index contributed by atoms with van der Waals surface area (Å²) in [5.74, 6) is -1.19. The van der Waals surface area contributed by atoms with E-state index in [1.165, 1.54) is 51.4 Å².